The van der Waals surface area contributed by atoms with Crippen LogP contribution in [0.1, 0.15) is 34.7 Å². The number of carbonyl (C=O) groups excluding carboxylic acids is 1. The van der Waals surface area contributed by atoms with Crippen LogP contribution in [0.5, 0.6) is 5.75 Å². The molecule has 1 amide bonds. The molecule has 2 rings (SSSR count). The van der Waals surface area contributed by atoms with Crippen LogP contribution >= 0.6 is 11.8 Å². The van der Waals surface area contributed by atoms with E-state index in [1.807, 2.05) is 44.2 Å². The van der Waals surface area contributed by atoms with Crippen LogP contribution in [0, 0.1) is 13.8 Å². The summed E-state index contributed by atoms with van der Waals surface area (Å²) < 4.78 is 6.12. The number of oxime groups is 2. The normalized spacial score (nSPS) is 11.5. The van der Waals surface area contributed by atoms with Gasteiger partial charge in [0.15, 0.2) is 5.71 Å². The molecule has 1 N–H and O–H groups in total. The van der Waals surface area contributed by atoms with Gasteiger partial charge in [-0.1, -0.05) is 40.6 Å². The molecule has 0 aliphatic rings. The number of hydrogen-bond acceptors (Lipinski definition) is 7. The highest BCUT2D eigenvalue weighted by molar-refractivity contribution is 8.11. The van der Waals surface area contributed by atoms with Crippen LogP contribution in [0.15, 0.2) is 46.7 Å². The van der Waals surface area contributed by atoms with E-state index >= 15 is 0 Å². The lowest BCUT2D eigenvalue weighted by Gasteiger charge is -2.15. The van der Waals surface area contributed by atoms with E-state index < -0.39 is 0 Å². The highest BCUT2D eigenvalue weighted by atomic mass is 32.2. The van der Waals surface area contributed by atoms with Crippen LogP contribution in [-0.2, 0) is 26.8 Å². The smallest absolute Gasteiger partial charge is 0.273 e. The third kappa shape index (κ3) is 7.03. The van der Waals surface area contributed by atoms with E-state index in [0.717, 1.165) is 28.2 Å². The number of likely N-dealkylation sites (N-methyl/N-ethyl adjacent to an activating group) is 1. The van der Waals surface area contributed by atoms with Gasteiger partial charge >= 0.3 is 0 Å². The Morgan fingerprint density at radius 3 is 2.65 bits per heavy atom. The minimum absolute atomic E-state index is 0.207. The second-order valence-electron chi connectivity index (χ2n) is 6.63. The van der Waals surface area contributed by atoms with Crippen molar-refractivity contribution in [3.63, 3.8) is 0 Å². The van der Waals surface area contributed by atoms with Gasteiger partial charge in [-0.05, 0) is 49.1 Å². The van der Waals surface area contributed by atoms with Crippen LogP contribution in [0.25, 0.3) is 0 Å². The first-order chi connectivity index (χ1) is 15.0. The standard InChI is InChI=1S/C23H29N3O4S/c1-6-30-25-15-31-14-19-11-17(3)21(12-16(19)2)29-13-18-9-7-8-10-20(18)22(26-28-5)23(27)24-4/h7-12,15H,6,13-14H2,1-5H3,(H,24,27)/b25-15?,26-22+. The number of aryl methyl sites for hydroxylation is 2. The van der Waals surface area contributed by atoms with Crippen molar-refractivity contribution in [3.05, 3.63) is 64.2 Å². The van der Waals surface area contributed by atoms with E-state index in [0.29, 0.717) is 18.8 Å². The van der Waals surface area contributed by atoms with Crippen molar-refractivity contribution < 1.29 is 19.2 Å². The third-order valence-electron chi connectivity index (χ3n) is 4.47. The number of thioether (sulfide) groups is 1. The molecule has 8 heteroatoms. The summed E-state index contributed by atoms with van der Waals surface area (Å²) in [6.07, 6.45) is 0. The van der Waals surface area contributed by atoms with Gasteiger partial charge in [-0.15, -0.1) is 11.8 Å². The number of benzene rings is 2. The molecule has 0 saturated heterocycles. The average molecular weight is 444 g/mol. The summed E-state index contributed by atoms with van der Waals surface area (Å²) in [7, 11) is 2.97. The van der Waals surface area contributed by atoms with Crippen molar-refractivity contribution >= 4 is 28.9 Å². The molecular weight excluding hydrogens is 414 g/mol. The number of hydrogen-bond donors (Lipinski definition) is 1. The molecule has 0 aliphatic heterocycles. The Labute approximate surface area is 187 Å². The minimum atomic E-state index is -0.323. The molecule has 0 heterocycles. The van der Waals surface area contributed by atoms with Crippen molar-refractivity contribution in [2.45, 2.75) is 33.1 Å². The van der Waals surface area contributed by atoms with Gasteiger partial charge in [-0.3, -0.25) is 4.79 Å². The van der Waals surface area contributed by atoms with Crippen LogP contribution in [0.3, 0.4) is 0 Å². The zero-order chi connectivity index (χ0) is 22.6. The molecule has 2 aromatic carbocycles. The summed E-state index contributed by atoms with van der Waals surface area (Å²) in [5, 5.41) is 10.3. The van der Waals surface area contributed by atoms with Gasteiger partial charge < -0.3 is 19.7 Å². The molecule has 0 bridgehead atoms. The van der Waals surface area contributed by atoms with E-state index in [1.165, 1.54) is 12.7 Å². The Bertz CT molecular complexity index is 944. The van der Waals surface area contributed by atoms with E-state index in [-0.39, 0.29) is 11.6 Å². The van der Waals surface area contributed by atoms with Crippen molar-refractivity contribution in [2.24, 2.45) is 10.3 Å². The Kier molecular flexibility index (Phi) is 9.90. The van der Waals surface area contributed by atoms with E-state index in [2.05, 4.69) is 28.6 Å². The van der Waals surface area contributed by atoms with Crippen molar-refractivity contribution in [2.75, 3.05) is 20.8 Å². The Balaban J connectivity index is 2.16. The van der Waals surface area contributed by atoms with Crippen molar-refractivity contribution in [1.29, 1.82) is 0 Å². The topological polar surface area (TPSA) is 81.5 Å². The molecule has 0 fully saturated rings. The van der Waals surface area contributed by atoms with Gasteiger partial charge in [-0.2, -0.15) is 0 Å². The fourth-order valence-corrected chi connectivity index (χ4v) is 3.57. The van der Waals surface area contributed by atoms with Gasteiger partial charge in [0.2, 0.25) is 0 Å². The summed E-state index contributed by atoms with van der Waals surface area (Å²) >= 11 is 1.58. The maximum Gasteiger partial charge on any atom is 0.273 e. The van der Waals surface area contributed by atoms with Crippen LogP contribution in [0.4, 0.5) is 0 Å². The molecule has 0 aromatic heterocycles. The summed E-state index contributed by atoms with van der Waals surface area (Å²) in [5.41, 5.74) is 6.82. The molecule has 0 radical (unpaired) electrons. The summed E-state index contributed by atoms with van der Waals surface area (Å²) in [5.74, 6) is 1.28. The second-order valence-corrected chi connectivity index (χ2v) is 7.46. The molecule has 0 unspecified atom stereocenters. The maximum atomic E-state index is 12.2. The summed E-state index contributed by atoms with van der Waals surface area (Å²) in [6.45, 7) is 6.84. The van der Waals surface area contributed by atoms with E-state index in [1.54, 1.807) is 24.4 Å². The number of carbonyl (C=O) groups is 1. The van der Waals surface area contributed by atoms with E-state index in [4.69, 9.17) is 14.4 Å². The number of ether oxygens (including phenoxy) is 1. The second kappa shape index (κ2) is 12.6. The lowest BCUT2D eigenvalue weighted by atomic mass is 10.0. The molecule has 7 nitrogen and oxygen atoms in total. The quantitative estimate of drug-likeness (QED) is 0.320. The Morgan fingerprint density at radius 1 is 1.16 bits per heavy atom. The molecule has 0 saturated carbocycles. The third-order valence-corrected chi connectivity index (χ3v) is 5.19. The zero-order valence-electron chi connectivity index (χ0n) is 18.6. The average Bonchev–Trinajstić information content (AvgIpc) is 2.78. The van der Waals surface area contributed by atoms with Gasteiger partial charge in [0.1, 0.15) is 26.1 Å². The number of nitrogens with zero attached hydrogens (tertiary/aromatic N) is 2. The molecule has 0 aliphatic carbocycles. The molecule has 0 atom stereocenters. The van der Waals surface area contributed by atoms with Crippen molar-refractivity contribution in [3.8, 4) is 5.75 Å². The summed E-state index contributed by atoms with van der Waals surface area (Å²) in [6, 6.07) is 11.7. The fourth-order valence-electron chi connectivity index (χ4n) is 2.88. The lowest BCUT2D eigenvalue weighted by molar-refractivity contribution is -0.114. The van der Waals surface area contributed by atoms with Gasteiger partial charge in [0, 0.05) is 18.4 Å². The largest absolute Gasteiger partial charge is 0.489 e. The first kappa shape index (κ1) is 24.3. The molecule has 31 heavy (non-hydrogen) atoms. The van der Waals surface area contributed by atoms with Crippen LogP contribution < -0.4 is 10.1 Å². The first-order valence-corrected chi connectivity index (χ1v) is 11.0. The zero-order valence-corrected chi connectivity index (χ0v) is 19.4. The molecule has 166 valence electrons. The Morgan fingerprint density at radius 2 is 1.94 bits per heavy atom. The molecular formula is C23H29N3O4S. The van der Waals surface area contributed by atoms with Gasteiger partial charge in [-0.25, -0.2) is 0 Å². The van der Waals surface area contributed by atoms with Crippen LogP contribution in [-0.4, -0.2) is 37.9 Å². The van der Waals surface area contributed by atoms with Crippen molar-refractivity contribution in [1.82, 2.24) is 5.32 Å². The maximum absolute atomic E-state index is 12.2. The molecule has 2 aromatic rings. The highest BCUT2D eigenvalue weighted by Crippen LogP contribution is 2.26. The monoisotopic (exact) mass is 443 g/mol. The first-order valence-electron chi connectivity index (χ1n) is 9.91. The van der Waals surface area contributed by atoms with Gasteiger partial charge in [0.05, 0.1) is 5.55 Å². The van der Waals surface area contributed by atoms with E-state index in [9.17, 15) is 4.79 Å². The predicted molar refractivity (Wildman–Crippen MR) is 126 cm³/mol. The minimum Gasteiger partial charge on any atom is -0.489 e. The number of nitrogens with one attached hydrogen (secondary N) is 1. The molecule has 0 spiro atoms. The van der Waals surface area contributed by atoms with Crippen LogP contribution in [0.2, 0.25) is 0 Å². The lowest BCUT2D eigenvalue weighted by Crippen LogP contribution is -2.29. The summed E-state index contributed by atoms with van der Waals surface area (Å²) in [4.78, 5) is 22.1. The van der Waals surface area contributed by atoms with Gasteiger partial charge in [0.25, 0.3) is 5.91 Å². The number of rotatable bonds is 11. The highest BCUT2D eigenvalue weighted by Gasteiger charge is 2.17. The fraction of sp³-hybridized carbons (Fsp3) is 0.348. The Hall–Kier alpha value is -3.00. The SMILES string of the molecule is CCON=CSCc1cc(C)c(OCc2ccccc2/C(=N\OC)C(=O)NC)cc1C. The predicted octanol–water partition coefficient (Wildman–Crippen LogP) is 4.19. The number of amides is 1.